The van der Waals surface area contributed by atoms with Gasteiger partial charge in [-0.2, -0.15) is 0 Å². The molecule has 51 heavy (non-hydrogen) atoms. The Balaban J connectivity index is 1.16. The summed E-state index contributed by atoms with van der Waals surface area (Å²) in [4.78, 5) is 10.2. The SMILES string of the molecule is N/C(=N\C(=N/Cc1c(-c2ccc(-c3ccccc3)cc2)ccc2oc3ccccc3c12)c1ccccc1)c1ccc2c(ccc3ccccc32)c1. The lowest BCUT2D eigenvalue weighted by molar-refractivity contribution is 0.668. The van der Waals surface area contributed by atoms with Crippen LogP contribution in [0.15, 0.2) is 190 Å². The topological polar surface area (TPSA) is 63.9 Å². The van der Waals surface area contributed by atoms with E-state index in [2.05, 4.69) is 121 Å². The Morgan fingerprint density at radius 3 is 1.96 bits per heavy atom. The van der Waals surface area contributed by atoms with E-state index < -0.39 is 0 Å². The Morgan fingerprint density at radius 2 is 1.14 bits per heavy atom. The van der Waals surface area contributed by atoms with Gasteiger partial charge in [-0.25, -0.2) is 4.99 Å². The van der Waals surface area contributed by atoms with Crippen LogP contribution in [0.4, 0.5) is 0 Å². The van der Waals surface area contributed by atoms with Crippen LogP contribution in [-0.4, -0.2) is 11.7 Å². The van der Waals surface area contributed by atoms with Crippen LogP contribution in [0.2, 0.25) is 0 Å². The van der Waals surface area contributed by atoms with Crippen molar-refractivity contribution >= 4 is 55.2 Å². The van der Waals surface area contributed by atoms with Gasteiger partial charge in [-0.05, 0) is 67.6 Å². The van der Waals surface area contributed by atoms with Gasteiger partial charge < -0.3 is 10.2 Å². The van der Waals surface area contributed by atoms with Crippen LogP contribution in [0.5, 0.6) is 0 Å². The molecule has 1 heterocycles. The number of aliphatic imine (C=N–C) groups is 2. The van der Waals surface area contributed by atoms with E-state index in [0.717, 1.165) is 55.1 Å². The molecule has 8 aromatic carbocycles. The molecular weight excluding hydrogens is 623 g/mol. The van der Waals surface area contributed by atoms with E-state index in [-0.39, 0.29) is 0 Å². The van der Waals surface area contributed by atoms with Crippen molar-refractivity contribution in [3.8, 4) is 22.3 Å². The maximum Gasteiger partial charge on any atom is 0.157 e. The molecule has 0 atom stereocenters. The molecular formula is C47H33N3O. The van der Waals surface area contributed by atoms with Gasteiger partial charge >= 0.3 is 0 Å². The van der Waals surface area contributed by atoms with Gasteiger partial charge in [-0.15, -0.1) is 0 Å². The van der Waals surface area contributed by atoms with E-state index in [4.69, 9.17) is 20.1 Å². The highest BCUT2D eigenvalue weighted by molar-refractivity contribution is 6.14. The lowest BCUT2D eigenvalue weighted by atomic mass is 9.94. The number of para-hydroxylation sites is 1. The standard InChI is InChI=1S/C47H33N3O/c48-46(37-25-26-40-36(29-37)24-23-33-13-7-8-16-38(33)40)50-47(35-14-5-2-6-15-35)49-30-42-39(27-28-44-45(42)41-17-9-10-18-43(41)51-44)34-21-19-32(20-22-34)31-11-3-1-4-12-31/h1-29H,30H2,(H2,48,49,50). The summed E-state index contributed by atoms with van der Waals surface area (Å²) in [6.07, 6.45) is 0. The first kappa shape index (κ1) is 30.3. The quantitative estimate of drug-likeness (QED) is 0.110. The van der Waals surface area contributed by atoms with Gasteiger partial charge in [-0.1, -0.05) is 158 Å². The van der Waals surface area contributed by atoms with Crippen LogP contribution in [-0.2, 0) is 6.54 Å². The molecule has 0 aliphatic heterocycles. The molecule has 0 saturated heterocycles. The van der Waals surface area contributed by atoms with Crippen molar-refractivity contribution in [3.63, 3.8) is 0 Å². The van der Waals surface area contributed by atoms with Gasteiger partial charge in [0, 0.05) is 21.9 Å². The van der Waals surface area contributed by atoms with Crippen LogP contribution >= 0.6 is 0 Å². The summed E-state index contributed by atoms with van der Waals surface area (Å²) >= 11 is 0. The number of amidine groups is 2. The fourth-order valence-electron chi connectivity index (χ4n) is 7.08. The van der Waals surface area contributed by atoms with Gasteiger partial charge in [-0.3, -0.25) is 4.99 Å². The molecule has 4 nitrogen and oxygen atoms in total. The molecule has 0 fully saturated rings. The molecule has 2 N–H and O–H groups in total. The maximum atomic E-state index is 6.79. The normalized spacial score (nSPS) is 12.3. The zero-order chi connectivity index (χ0) is 34.1. The summed E-state index contributed by atoms with van der Waals surface area (Å²) < 4.78 is 6.34. The summed E-state index contributed by atoms with van der Waals surface area (Å²) in [7, 11) is 0. The monoisotopic (exact) mass is 655 g/mol. The van der Waals surface area contributed by atoms with Crippen LogP contribution < -0.4 is 5.73 Å². The lowest BCUT2D eigenvalue weighted by Gasteiger charge is -2.12. The van der Waals surface area contributed by atoms with Gasteiger partial charge in [0.15, 0.2) is 5.84 Å². The number of furan rings is 1. The first-order valence-corrected chi connectivity index (χ1v) is 17.1. The number of fused-ring (bicyclic) bond motifs is 6. The Hall–Kier alpha value is -6.78. The second kappa shape index (κ2) is 12.9. The zero-order valence-electron chi connectivity index (χ0n) is 27.8. The van der Waals surface area contributed by atoms with Gasteiger partial charge in [0.1, 0.15) is 17.0 Å². The van der Waals surface area contributed by atoms with Crippen molar-refractivity contribution in [2.45, 2.75) is 6.54 Å². The summed E-state index contributed by atoms with van der Waals surface area (Å²) in [6.45, 7) is 0.376. The van der Waals surface area contributed by atoms with Crippen molar-refractivity contribution in [3.05, 3.63) is 193 Å². The number of hydrogen-bond acceptors (Lipinski definition) is 2. The predicted octanol–water partition coefficient (Wildman–Crippen LogP) is 11.6. The molecule has 4 heteroatoms. The number of benzene rings is 8. The van der Waals surface area contributed by atoms with Gasteiger partial charge in [0.2, 0.25) is 0 Å². The number of nitrogens with zero attached hydrogens (tertiary/aromatic N) is 2. The van der Waals surface area contributed by atoms with Gasteiger partial charge in [0.05, 0.1) is 6.54 Å². The minimum absolute atomic E-state index is 0.376. The van der Waals surface area contributed by atoms with Crippen molar-refractivity contribution in [2.24, 2.45) is 15.7 Å². The fraction of sp³-hybridized carbons (Fsp3) is 0.0213. The highest BCUT2D eigenvalue weighted by Gasteiger charge is 2.17. The molecule has 0 unspecified atom stereocenters. The Morgan fingerprint density at radius 1 is 0.490 bits per heavy atom. The second-order valence-corrected chi connectivity index (χ2v) is 12.7. The van der Waals surface area contributed by atoms with Crippen LogP contribution in [0.25, 0.3) is 65.7 Å². The smallest absolute Gasteiger partial charge is 0.157 e. The first-order valence-electron chi connectivity index (χ1n) is 17.1. The molecule has 1 aromatic heterocycles. The van der Waals surface area contributed by atoms with Gasteiger partial charge in [0.25, 0.3) is 0 Å². The third kappa shape index (κ3) is 5.73. The third-order valence-corrected chi connectivity index (χ3v) is 9.64. The maximum absolute atomic E-state index is 6.79. The average molecular weight is 656 g/mol. The minimum atomic E-state index is 0.376. The summed E-state index contributed by atoms with van der Waals surface area (Å²) in [5, 5.41) is 6.86. The van der Waals surface area contributed by atoms with Crippen molar-refractivity contribution in [1.82, 2.24) is 0 Å². The van der Waals surface area contributed by atoms with E-state index in [1.54, 1.807) is 0 Å². The molecule has 0 radical (unpaired) electrons. The number of rotatable bonds is 6. The minimum Gasteiger partial charge on any atom is -0.456 e. The predicted molar refractivity (Wildman–Crippen MR) is 213 cm³/mol. The molecule has 9 rings (SSSR count). The van der Waals surface area contributed by atoms with Crippen LogP contribution in [0, 0.1) is 0 Å². The summed E-state index contributed by atoms with van der Waals surface area (Å²) in [5.41, 5.74) is 15.9. The van der Waals surface area contributed by atoms with Crippen LogP contribution in [0.3, 0.4) is 0 Å². The molecule has 242 valence electrons. The fourth-order valence-corrected chi connectivity index (χ4v) is 7.08. The summed E-state index contributed by atoms with van der Waals surface area (Å²) in [6, 6.07) is 60.7. The number of nitrogens with two attached hydrogens (primary N) is 1. The van der Waals surface area contributed by atoms with Crippen LogP contribution in [0.1, 0.15) is 16.7 Å². The molecule has 0 amide bonds. The molecule has 0 aliphatic rings. The van der Waals surface area contributed by atoms with E-state index in [1.165, 1.54) is 27.3 Å². The van der Waals surface area contributed by atoms with E-state index in [9.17, 15) is 0 Å². The highest BCUT2D eigenvalue weighted by atomic mass is 16.3. The second-order valence-electron chi connectivity index (χ2n) is 12.7. The number of hydrogen-bond donors (Lipinski definition) is 1. The van der Waals surface area contributed by atoms with E-state index in [0.29, 0.717) is 18.2 Å². The average Bonchev–Trinajstić information content (AvgIpc) is 3.59. The molecule has 0 aliphatic carbocycles. The highest BCUT2D eigenvalue weighted by Crippen LogP contribution is 2.38. The molecule has 0 bridgehead atoms. The molecule has 0 saturated carbocycles. The van der Waals surface area contributed by atoms with E-state index >= 15 is 0 Å². The van der Waals surface area contributed by atoms with E-state index in [1.807, 2.05) is 54.6 Å². The molecule has 0 spiro atoms. The third-order valence-electron chi connectivity index (χ3n) is 9.64. The largest absolute Gasteiger partial charge is 0.456 e. The Bertz CT molecular complexity index is 2760. The zero-order valence-corrected chi connectivity index (χ0v) is 27.8. The van der Waals surface area contributed by atoms with Crippen molar-refractivity contribution < 1.29 is 4.42 Å². The Kier molecular flexibility index (Phi) is 7.67. The molecule has 9 aromatic rings. The first-order chi connectivity index (χ1) is 25.2. The van der Waals surface area contributed by atoms with Crippen molar-refractivity contribution in [1.29, 1.82) is 0 Å². The lowest BCUT2D eigenvalue weighted by Crippen LogP contribution is -2.16. The summed E-state index contributed by atoms with van der Waals surface area (Å²) in [5.74, 6) is 0.984. The Labute approximate surface area is 295 Å². The van der Waals surface area contributed by atoms with Crippen molar-refractivity contribution in [2.75, 3.05) is 0 Å².